The van der Waals surface area contributed by atoms with Gasteiger partial charge in [-0.1, -0.05) is 19.1 Å². The molecule has 1 aliphatic heterocycles. The molecule has 1 aliphatic rings. The zero-order valence-corrected chi connectivity index (χ0v) is 19.7. The van der Waals surface area contributed by atoms with E-state index in [1.807, 2.05) is 6.92 Å². The van der Waals surface area contributed by atoms with Crippen LogP contribution in [-0.2, 0) is 11.3 Å². The largest absolute Gasteiger partial charge is 0.493 e. The highest BCUT2D eigenvalue weighted by Gasteiger charge is 2.30. The number of carbonyl (C=O) groups excluding carboxylic acids is 2. The number of rotatable bonds is 9. The fourth-order valence-electron chi connectivity index (χ4n) is 3.91. The van der Waals surface area contributed by atoms with Crippen LogP contribution in [0.2, 0.25) is 0 Å². The number of methoxy groups -OCH3 is 1. The second-order valence-electron chi connectivity index (χ2n) is 8.11. The first-order chi connectivity index (χ1) is 17.4. The Labute approximate surface area is 206 Å². The van der Waals surface area contributed by atoms with Gasteiger partial charge in [-0.15, -0.1) is 0 Å². The van der Waals surface area contributed by atoms with E-state index in [0.717, 1.165) is 5.56 Å². The summed E-state index contributed by atoms with van der Waals surface area (Å²) < 4.78 is 35.5. The molecule has 0 saturated carbocycles. The number of anilines is 1. The minimum atomic E-state index is -3.00. The van der Waals surface area contributed by atoms with E-state index in [1.165, 1.54) is 24.4 Å². The van der Waals surface area contributed by atoms with Crippen molar-refractivity contribution in [2.75, 3.05) is 12.4 Å². The van der Waals surface area contributed by atoms with Crippen molar-refractivity contribution >= 4 is 23.2 Å². The van der Waals surface area contributed by atoms with Crippen molar-refractivity contribution in [2.24, 2.45) is 11.0 Å². The lowest BCUT2D eigenvalue weighted by Gasteiger charge is -2.29. The molecule has 2 heterocycles. The van der Waals surface area contributed by atoms with Crippen molar-refractivity contribution in [1.29, 1.82) is 0 Å². The van der Waals surface area contributed by atoms with Gasteiger partial charge in [0.15, 0.2) is 11.5 Å². The van der Waals surface area contributed by atoms with Gasteiger partial charge in [0.05, 0.1) is 19.4 Å². The molecule has 0 spiro atoms. The molecular formula is C25H25F2N5O4. The van der Waals surface area contributed by atoms with Crippen LogP contribution in [0.5, 0.6) is 11.5 Å². The van der Waals surface area contributed by atoms with E-state index in [2.05, 4.69) is 25.4 Å². The molecule has 4 rings (SSSR count). The van der Waals surface area contributed by atoms with Crippen LogP contribution < -0.4 is 14.8 Å². The molecule has 36 heavy (non-hydrogen) atoms. The first-order valence-electron chi connectivity index (χ1n) is 11.3. The maximum atomic E-state index is 12.9. The topological polar surface area (TPSA) is 109 Å². The number of H-pyrrole nitrogens is 1. The summed E-state index contributed by atoms with van der Waals surface area (Å²) in [7, 11) is 1.37. The molecule has 9 nitrogen and oxygen atoms in total. The normalized spacial score (nSPS) is 15.6. The lowest BCUT2D eigenvalue weighted by atomic mass is 9.89. The summed E-state index contributed by atoms with van der Waals surface area (Å²) in [6.07, 6.45) is 2.38. The highest BCUT2D eigenvalue weighted by molar-refractivity contribution is 6.06. The summed E-state index contributed by atoms with van der Waals surface area (Å²) in [6.45, 7) is -0.849. The van der Waals surface area contributed by atoms with Crippen molar-refractivity contribution in [3.05, 3.63) is 71.5 Å². The molecule has 1 aromatic heterocycles. The Hall–Kier alpha value is -4.28. The molecule has 0 radical (unpaired) electrons. The van der Waals surface area contributed by atoms with Crippen LogP contribution in [0, 0.1) is 5.92 Å². The van der Waals surface area contributed by atoms with Crippen LogP contribution in [0.1, 0.15) is 41.4 Å². The molecule has 0 bridgehead atoms. The van der Waals surface area contributed by atoms with Crippen LogP contribution in [0.3, 0.4) is 0 Å². The predicted molar refractivity (Wildman–Crippen MR) is 128 cm³/mol. The van der Waals surface area contributed by atoms with E-state index in [1.54, 1.807) is 42.5 Å². The quantitative estimate of drug-likeness (QED) is 0.455. The number of benzene rings is 2. The molecule has 11 heteroatoms. The van der Waals surface area contributed by atoms with Crippen molar-refractivity contribution in [1.82, 2.24) is 15.2 Å². The third kappa shape index (κ3) is 5.68. The van der Waals surface area contributed by atoms with E-state index in [-0.39, 0.29) is 42.2 Å². The van der Waals surface area contributed by atoms with E-state index < -0.39 is 6.61 Å². The van der Waals surface area contributed by atoms with Gasteiger partial charge in [-0.3, -0.25) is 14.7 Å². The van der Waals surface area contributed by atoms with E-state index >= 15 is 0 Å². The number of aromatic amines is 1. The lowest BCUT2D eigenvalue weighted by molar-refractivity contribution is -0.133. The fourth-order valence-corrected chi connectivity index (χ4v) is 3.91. The number of alkyl halides is 2. The van der Waals surface area contributed by atoms with Gasteiger partial charge in [-0.05, 0) is 48.4 Å². The number of carbonyl (C=O) groups is 2. The Morgan fingerprint density at radius 3 is 2.61 bits per heavy atom. The molecule has 1 atom stereocenters. The molecule has 0 fully saturated rings. The van der Waals surface area contributed by atoms with E-state index in [4.69, 9.17) is 4.74 Å². The van der Waals surface area contributed by atoms with Gasteiger partial charge in [0.2, 0.25) is 5.91 Å². The first-order valence-corrected chi connectivity index (χ1v) is 11.3. The summed E-state index contributed by atoms with van der Waals surface area (Å²) in [5.74, 6) is -0.544. The van der Waals surface area contributed by atoms with Gasteiger partial charge in [0, 0.05) is 29.8 Å². The Bertz CT molecular complexity index is 1250. The summed E-state index contributed by atoms with van der Waals surface area (Å²) >= 11 is 0. The van der Waals surface area contributed by atoms with Crippen molar-refractivity contribution in [2.45, 2.75) is 32.9 Å². The van der Waals surface area contributed by atoms with Crippen LogP contribution >= 0.6 is 0 Å². The second-order valence-corrected chi connectivity index (χ2v) is 8.11. The van der Waals surface area contributed by atoms with Gasteiger partial charge in [-0.2, -0.15) is 19.0 Å². The molecular weight excluding hydrogens is 472 g/mol. The number of hydrogen-bond acceptors (Lipinski definition) is 6. The molecule has 2 aromatic carbocycles. The third-order valence-corrected chi connectivity index (χ3v) is 5.78. The number of hydrazone groups is 1. The number of ether oxygens (including phenoxy) is 2. The molecule has 1 unspecified atom stereocenters. The summed E-state index contributed by atoms with van der Waals surface area (Å²) in [4.78, 5) is 25.0. The minimum Gasteiger partial charge on any atom is -0.493 e. The maximum Gasteiger partial charge on any atom is 0.387 e. The second kappa shape index (κ2) is 11.0. The molecule has 188 valence electrons. The van der Waals surface area contributed by atoms with Crippen LogP contribution in [-0.4, -0.2) is 46.5 Å². The number of hydrogen-bond donors (Lipinski definition) is 2. The maximum absolute atomic E-state index is 12.9. The SMILES string of the molecule is CCC1CC(=O)N(Cc2ccc(NC(=O)c3ccn[nH]3)cc2)N=C1c1ccc(OC)c(OC(F)F)c1. The van der Waals surface area contributed by atoms with Gasteiger partial charge in [0.1, 0.15) is 5.69 Å². The number of nitrogens with one attached hydrogen (secondary N) is 2. The number of amides is 2. The van der Waals surface area contributed by atoms with Gasteiger partial charge >= 0.3 is 6.61 Å². The predicted octanol–water partition coefficient (Wildman–Crippen LogP) is 4.43. The van der Waals surface area contributed by atoms with Crippen LogP contribution in [0.25, 0.3) is 0 Å². The third-order valence-electron chi connectivity index (χ3n) is 5.78. The summed E-state index contributed by atoms with van der Waals surface area (Å²) in [6, 6.07) is 13.3. The molecule has 3 aromatic rings. The Morgan fingerprint density at radius 1 is 1.19 bits per heavy atom. The van der Waals surface area contributed by atoms with Gasteiger partial charge < -0.3 is 14.8 Å². The summed E-state index contributed by atoms with van der Waals surface area (Å²) in [5, 5.41) is 15.1. The number of halogens is 2. The zero-order valence-electron chi connectivity index (χ0n) is 19.7. The fraction of sp³-hybridized carbons (Fsp3) is 0.280. The number of aromatic nitrogens is 2. The monoisotopic (exact) mass is 497 g/mol. The molecule has 0 aliphatic carbocycles. The average molecular weight is 498 g/mol. The lowest BCUT2D eigenvalue weighted by Crippen LogP contribution is -2.36. The van der Waals surface area contributed by atoms with E-state index in [9.17, 15) is 18.4 Å². The summed E-state index contributed by atoms with van der Waals surface area (Å²) in [5.41, 5.74) is 2.92. The Morgan fingerprint density at radius 2 is 1.97 bits per heavy atom. The highest BCUT2D eigenvalue weighted by Crippen LogP contribution is 2.33. The number of nitrogens with zero attached hydrogens (tertiary/aromatic N) is 3. The van der Waals surface area contributed by atoms with Crippen molar-refractivity contribution in [3.63, 3.8) is 0 Å². The smallest absolute Gasteiger partial charge is 0.387 e. The van der Waals surface area contributed by atoms with Crippen molar-refractivity contribution < 1.29 is 27.8 Å². The molecule has 2 N–H and O–H groups in total. The molecule has 0 saturated heterocycles. The van der Waals surface area contributed by atoms with Crippen LogP contribution in [0.15, 0.2) is 59.8 Å². The van der Waals surface area contributed by atoms with Crippen molar-refractivity contribution in [3.8, 4) is 11.5 Å². The highest BCUT2D eigenvalue weighted by atomic mass is 19.3. The Balaban J connectivity index is 1.54. The minimum absolute atomic E-state index is 0.0984. The molecule has 2 amide bonds. The van der Waals surface area contributed by atoms with Crippen LogP contribution in [0.4, 0.5) is 14.5 Å². The average Bonchev–Trinajstić information content (AvgIpc) is 3.41. The Kier molecular flexibility index (Phi) is 7.57. The first kappa shape index (κ1) is 24.8. The van der Waals surface area contributed by atoms with Gasteiger partial charge in [0.25, 0.3) is 5.91 Å². The standard InChI is InChI=1S/C25H25F2N5O4/c1-3-16-13-22(33)32(31-23(16)17-6-9-20(35-2)21(12-17)36-25(26)27)14-15-4-7-18(8-5-15)29-24(34)19-10-11-28-30-19/h4-12,16,25H,3,13-14H2,1-2H3,(H,28,30)(H,29,34). The zero-order chi connectivity index (χ0) is 25.7. The van der Waals surface area contributed by atoms with Gasteiger partial charge in [-0.25, -0.2) is 5.01 Å². The van der Waals surface area contributed by atoms with E-state index in [0.29, 0.717) is 29.1 Å².